The number of unbranched alkanes of at least 4 members (excludes halogenated alkanes) is 1. The molecule has 2 amide bonds. The summed E-state index contributed by atoms with van der Waals surface area (Å²) in [6, 6.07) is 11.2. The van der Waals surface area contributed by atoms with Gasteiger partial charge in [-0.1, -0.05) is 65.3 Å². The van der Waals surface area contributed by atoms with Gasteiger partial charge in [-0.25, -0.2) is 0 Å². The van der Waals surface area contributed by atoms with Crippen LogP contribution < -0.4 is 5.43 Å². The smallest absolute Gasteiger partial charge is 0.267 e. The Morgan fingerprint density at radius 2 is 1.64 bits per heavy atom. The summed E-state index contributed by atoms with van der Waals surface area (Å²) in [6.07, 6.45) is 2.71. The molecular weight excluding hydrogens is 463 g/mol. The minimum atomic E-state index is -0.286. The second-order valence-electron chi connectivity index (χ2n) is 6.97. The lowest BCUT2D eigenvalue weighted by Crippen LogP contribution is -2.43. The Bertz CT molecular complexity index is 796. The molecule has 0 saturated heterocycles. The highest BCUT2D eigenvalue weighted by Crippen LogP contribution is 2.13. The molecule has 0 heterocycles. The molecule has 0 unspecified atom stereocenters. The van der Waals surface area contributed by atoms with Gasteiger partial charge >= 0.3 is 0 Å². The van der Waals surface area contributed by atoms with Gasteiger partial charge < -0.3 is 0 Å². The molecule has 0 aromatic heterocycles. The predicted octanol–water partition coefficient (Wildman–Crippen LogP) is 5.56. The van der Waals surface area contributed by atoms with Crippen LogP contribution in [0.15, 0.2) is 36.4 Å². The number of rotatable bonds is 4. The first-order valence-corrected chi connectivity index (χ1v) is 11.0. The molecule has 4 nitrogen and oxygen atoms in total. The number of halogens is 1. The molecule has 2 rings (SSSR count). The summed E-state index contributed by atoms with van der Waals surface area (Å²) in [5, 5.41) is 1.23. The molecule has 5 heteroatoms. The summed E-state index contributed by atoms with van der Waals surface area (Å²) in [5.74, 6) is -0.526. The second kappa shape index (κ2) is 11.8. The van der Waals surface area contributed by atoms with Gasteiger partial charge in [0, 0.05) is 18.2 Å². The van der Waals surface area contributed by atoms with E-state index in [1.807, 2.05) is 58.0 Å². The molecule has 0 bridgehead atoms. The molecule has 2 aromatic rings. The van der Waals surface area contributed by atoms with Crippen molar-refractivity contribution in [1.82, 2.24) is 10.4 Å². The molecular formula is C23H31IN2O2. The van der Waals surface area contributed by atoms with Crippen molar-refractivity contribution in [1.29, 1.82) is 0 Å². The summed E-state index contributed by atoms with van der Waals surface area (Å²) in [4.78, 5) is 24.9. The van der Waals surface area contributed by atoms with Gasteiger partial charge in [0.05, 0.1) is 0 Å². The Balaban J connectivity index is 0.000000696. The molecule has 0 aliphatic heterocycles. The maximum absolute atomic E-state index is 12.5. The second-order valence-corrected chi connectivity index (χ2v) is 8.05. The van der Waals surface area contributed by atoms with Crippen LogP contribution in [0.5, 0.6) is 0 Å². The molecule has 2 aromatic carbocycles. The molecule has 0 aliphatic rings. The highest BCUT2D eigenvalue weighted by atomic mass is 127. The van der Waals surface area contributed by atoms with E-state index in [0.717, 1.165) is 22.3 Å². The third-order valence-electron chi connectivity index (χ3n) is 4.38. The van der Waals surface area contributed by atoms with Gasteiger partial charge in [-0.05, 0) is 67.9 Å². The Labute approximate surface area is 182 Å². The van der Waals surface area contributed by atoms with Crippen LogP contribution in [0, 0.1) is 27.7 Å². The monoisotopic (exact) mass is 494 g/mol. The molecule has 152 valence electrons. The number of alkyl halides is 1. The topological polar surface area (TPSA) is 49.4 Å². The van der Waals surface area contributed by atoms with Gasteiger partial charge in [0.15, 0.2) is 0 Å². The summed E-state index contributed by atoms with van der Waals surface area (Å²) in [7, 11) is 1.56. The largest absolute Gasteiger partial charge is 0.272 e. The van der Waals surface area contributed by atoms with Gasteiger partial charge in [-0.2, -0.15) is 0 Å². The van der Waals surface area contributed by atoms with Crippen LogP contribution in [0.25, 0.3) is 0 Å². The van der Waals surface area contributed by atoms with E-state index in [1.54, 1.807) is 13.1 Å². The lowest BCUT2D eigenvalue weighted by Gasteiger charge is -2.20. The van der Waals surface area contributed by atoms with E-state index in [2.05, 4.69) is 34.9 Å². The van der Waals surface area contributed by atoms with Crippen LogP contribution in [0.3, 0.4) is 0 Å². The van der Waals surface area contributed by atoms with Gasteiger partial charge in [-0.3, -0.25) is 20.0 Å². The predicted molar refractivity (Wildman–Crippen MR) is 125 cm³/mol. The fraction of sp³-hybridized carbons (Fsp3) is 0.391. The molecule has 0 spiro atoms. The number of aryl methyl sites for hydroxylation is 3. The van der Waals surface area contributed by atoms with E-state index < -0.39 is 0 Å². The fourth-order valence-corrected chi connectivity index (χ4v) is 3.45. The fourth-order valence-electron chi connectivity index (χ4n) is 2.69. The number of hydrogen-bond donors (Lipinski definition) is 1. The zero-order chi connectivity index (χ0) is 21.3. The summed E-state index contributed by atoms with van der Waals surface area (Å²) >= 11 is 2.39. The summed E-state index contributed by atoms with van der Waals surface area (Å²) in [6.45, 7) is 9.95. The van der Waals surface area contributed by atoms with Gasteiger partial charge in [-0.15, -0.1) is 0 Å². The lowest BCUT2D eigenvalue weighted by molar-refractivity contribution is 0.0636. The van der Waals surface area contributed by atoms with Crippen LogP contribution >= 0.6 is 22.6 Å². The third kappa shape index (κ3) is 7.26. The Kier molecular flexibility index (Phi) is 10.2. The molecule has 0 radical (unpaired) electrons. The van der Waals surface area contributed by atoms with Crippen LogP contribution in [0.2, 0.25) is 0 Å². The van der Waals surface area contributed by atoms with Crippen molar-refractivity contribution in [2.45, 2.75) is 47.5 Å². The zero-order valence-electron chi connectivity index (χ0n) is 17.7. The minimum absolute atomic E-state index is 0.240. The molecule has 0 saturated carbocycles. The molecule has 28 heavy (non-hydrogen) atoms. The minimum Gasteiger partial charge on any atom is -0.267 e. The number of benzene rings is 2. The van der Waals surface area contributed by atoms with Crippen LogP contribution in [-0.4, -0.2) is 28.3 Å². The number of nitrogens with zero attached hydrogens (tertiary/aromatic N) is 1. The van der Waals surface area contributed by atoms with Crippen LogP contribution in [-0.2, 0) is 0 Å². The van der Waals surface area contributed by atoms with Crippen molar-refractivity contribution in [2.24, 2.45) is 0 Å². The Hall–Kier alpha value is -1.89. The highest BCUT2D eigenvalue weighted by Gasteiger charge is 2.17. The number of hydrazine groups is 1. The zero-order valence-corrected chi connectivity index (χ0v) is 19.9. The highest BCUT2D eigenvalue weighted by molar-refractivity contribution is 14.1. The average molecular weight is 494 g/mol. The van der Waals surface area contributed by atoms with E-state index in [4.69, 9.17) is 0 Å². The number of hydrogen-bond acceptors (Lipinski definition) is 2. The van der Waals surface area contributed by atoms with E-state index in [0.29, 0.717) is 11.1 Å². The SMILES string of the molecule is CCCCI.Cc1cc(C)cc(C(=O)N(C)NC(=O)c2cccc(C)c2C)c1. The first kappa shape index (κ1) is 24.1. The van der Waals surface area contributed by atoms with Gasteiger partial charge in [0.25, 0.3) is 11.8 Å². The van der Waals surface area contributed by atoms with E-state index in [-0.39, 0.29) is 11.8 Å². The van der Waals surface area contributed by atoms with E-state index in [1.165, 1.54) is 22.3 Å². The van der Waals surface area contributed by atoms with Crippen molar-refractivity contribution in [3.8, 4) is 0 Å². The summed E-state index contributed by atoms with van der Waals surface area (Å²) in [5.41, 5.74) is 7.77. The normalized spacial score (nSPS) is 9.96. The average Bonchev–Trinajstić information content (AvgIpc) is 2.63. The molecule has 0 atom stereocenters. The Morgan fingerprint density at radius 1 is 1.04 bits per heavy atom. The first-order valence-electron chi connectivity index (χ1n) is 9.50. The number of carbonyl (C=O) groups is 2. The maximum atomic E-state index is 12.5. The molecule has 0 aliphatic carbocycles. The maximum Gasteiger partial charge on any atom is 0.272 e. The van der Waals surface area contributed by atoms with Crippen molar-refractivity contribution in [2.75, 3.05) is 11.5 Å². The lowest BCUT2D eigenvalue weighted by atomic mass is 10.0. The van der Waals surface area contributed by atoms with E-state index in [9.17, 15) is 9.59 Å². The third-order valence-corrected chi connectivity index (χ3v) is 5.14. The first-order chi connectivity index (χ1) is 13.2. The number of amides is 2. The van der Waals surface area contributed by atoms with E-state index >= 15 is 0 Å². The standard InChI is InChI=1S/C19H22N2O2.C4H9I/c1-12-9-13(2)11-16(10-12)19(23)21(5)20-18(22)17-8-6-7-14(3)15(17)4;1-2-3-4-5/h6-11H,1-5H3,(H,20,22);2-4H2,1H3. The quantitative estimate of drug-likeness (QED) is 0.344. The van der Waals surface area contributed by atoms with Crippen LogP contribution in [0.4, 0.5) is 0 Å². The van der Waals surface area contributed by atoms with Crippen LogP contribution in [0.1, 0.15) is 62.7 Å². The summed E-state index contributed by atoms with van der Waals surface area (Å²) < 4.78 is 1.31. The molecule has 1 N–H and O–H groups in total. The van der Waals surface area contributed by atoms with Crippen molar-refractivity contribution < 1.29 is 9.59 Å². The van der Waals surface area contributed by atoms with Crippen molar-refractivity contribution >= 4 is 34.4 Å². The van der Waals surface area contributed by atoms with Gasteiger partial charge in [0.1, 0.15) is 0 Å². The van der Waals surface area contributed by atoms with Gasteiger partial charge in [0.2, 0.25) is 0 Å². The van der Waals surface area contributed by atoms with Crippen molar-refractivity contribution in [3.05, 3.63) is 69.8 Å². The van der Waals surface area contributed by atoms with Crippen molar-refractivity contribution in [3.63, 3.8) is 0 Å². The Morgan fingerprint density at radius 3 is 2.14 bits per heavy atom. The molecule has 0 fully saturated rings. The number of nitrogens with one attached hydrogen (secondary N) is 1. The number of carbonyl (C=O) groups excluding carboxylic acids is 2.